The fourth-order valence-corrected chi connectivity index (χ4v) is 3.69. The van der Waals surface area contributed by atoms with Crippen LogP contribution in [0.25, 0.3) is 0 Å². The van der Waals surface area contributed by atoms with Gasteiger partial charge in [-0.2, -0.15) is 4.31 Å². The van der Waals surface area contributed by atoms with E-state index in [0.717, 1.165) is 0 Å². The van der Waals surface area contributed by atoms with E-state index in [-0.39, 0.29) is 16.6 Å². The number of likely N-dealkylation sites (N-methyl/N-ethyl adjacent to an activating group) is 1. The van der Waals surface area contributed by atoms with Crippen molar-refractivity contribution >= 4 is 27.3 Å². The predicted octanol–water partition coefficient (Wildman–Crippen LogP) is 1.64. The second kappa shape index (κ2) is 5.28. The van der Waals surface area contributed by atoms with Crippen LogP contribution in [0.4, 0.5) is 5.69 Å². The smallest absolute Gasteiger partial charge is 0.243 e. The maximum absolute atomic E-state index is 12.5. The zero-order chi connectivity index (χ0) is 14.2. The number of nitrogens with zero attached hydrogens (tertiary/aromatic N) is 1. The fourth-order valence-electron chi connectivity index (χ4n) is 2.08. The van der Waals surface area contributed by atoms with E-state index in [4.69, 9.17) is 22.1 Å². The predicted molar refractivity (Wildman–Crippen MR) is 74.8 cm³/mol. The van der Waals surface area contributed by atoms with Crippen molar-refractivity contribution < 1.29 is 13.2 Å². The topological polar surface area (TPSA) is 72.6 Å². The average molecular weight is 305 g/mol. The van der Waals surface area contributed by atoms with Crippen molar-refractivity contribution in [3.8, 4) is 0 Å². The molecule has 1 fully saturated rings. The molecule has 0 radical (unpaired) electrons. The Bertz CT molecular complexity index is 560. The molecule has 1 saturated heterocycles. The Kier molecular flexibility index (Phi) is 4.06. The minimum Gasteiger partial charge on any atom is -0.397 e. The van der Waals surface area contributed by atoms with Gasteiger partial charge in [-0.05, 0) is 31.0 Å². The molecule has 1 aromatic rings. The first kappa shape index (κ1) is 14.6. The van der Waals surface area contributed by atoms with Crippen molar-refractivity contribution in [1.29, 1.82) is 0 Å². The molecule has 0 aliphatic carbocycles. The van der Waals surface area contributed by atoms with Crippen LogP contribution in [0.1, 0.15) is 12.0 Å². The lowest BCUT2D eigenvalue weighted by Crippen LogP contribution is -2.37. The summed E-state index contributed by atoms with van der Waals surface area (Å²) in [6, 6.07) is 2.82. The van der Waals surface area contributed by atoms with Gasteiger partial charge in [0.15, 0.2) is 0 Å². The number of benzene rings is 1. The Labute approximate surface area is 118 Å². The molecule has 7 heteroatoms. The third-order valence-corrected chi connectivity index (χ3v) is 5.76. The molecule has 5 nitrogen and oxygen atoms in total. The maximum Gasteiger partial charge on any atom is 0.243 e. The summed E-state index contributed by atoms with van der Waals surface area (Å²) in [5.74, 6) is 0. The molecule has 0 bridgehead atoms. The molecule has 106 valence electrons. The van der Waals surface area contributed by atoms with Crippen LogP contribution in [0.5, 0.6) is 0 Å². The van der Waals surface area contributed by atoms with E-state index < -0.39 is 10.0 Å². The van der Waals surface area contributed by atoms with Gasteiger partial charge in [-0.3, -0.25) is 0 Å². The lowest BCUT2D eigenvalue weighted by Gasteiger charge is -2.23. The number of ether oxygens (including phenoxy) is 1. The zero-order valence-corrected chi connectivity index (χ0v) is 12.5. The summed E-state index contributed by atoms with van der Waals surface area (Å²) in [4.78, 5) is 0.168. The molecular formula is C12H17ClN2O3S. The summed E-state index contributed by atoms with van der Waals surface area (Å²) in [6.45, 7) is 2.75. The number of aryl methyl sites for hydroxylation is 1. The van der Waals surface area contributed by atoms with E-state index in [1.54, 1.807) is 20.0 Å². The number of anilines is 1. The molecule has 1 atom stereocenters. The van der Waals surface area contributed by atoms with Crippen LogP contribution in [0.3, 0.4) is 0 Å². The first-order valence-corrected chi connectivity index (χ1v) is 7.77. The highest BCUT2D eigenvalue weighted by atomic mass is 35.5. The fraction of sp³-hybridized carbons (Fsp3) is 0.500. The summed E-state index contributed by atoms with van der Waals surface area (Å²) in [5, 5.41) is 0.394. The molecule has 1 aromatic carbocycles. The van der Waals surface area contributed by atoms with Crippen LogP contribution in [0, 0.1) is 6.92 Å². The summed E-state index contributed by atoms with van der Waals surface area (Å²) < 4.78 is 31.6. The third-order valence-electron chi connectivity index (χ3n) is 3.35. The standard InChI is InChI=1S/C12H17ClN2O3S/c1-8-5-10(6-11(14)12(8)13)19(16,17)15(2)9-3-4-18-7-9/h5-6,9H,3-4,7,14H2,1-2H3. The molecule has 0 aromatic heterocycles. The maximum atomic E-state index is 12.5. The van der Waals surface area contributed by atoms with Crippen molar-refractivity contribution in [2.24, 2.45) is 0 Å². The van der Waals surface area contributed by atoms with Gasteiger partial charge in [0.05, 0.1) is 28.3 Å². The van der Waals surface area contributed by atoms with Crippen molar-refractivity contribution in [2.75, 3.05) is 26.0 Å². The van der Waals surface area contributed by atoms with Crippen LogP contribution in [-0.4, -0.2) is 39.0 Å². The number of nitrogens with two attached hydrogens (primary N) is 1. The summed E-state index contributed by atoms with van der Waals surface area (Å²) in [5.41, 5.74) is 6.66. The highest BCUT2D eigenvalue weighted by molar-refractivity contribution is 7.89. The van der Waals surface area contributed by atoms with Gasteiger partial charge in [0.2, 0.25) is 10.0 Å². The second-order valence-corrected chi connectivity index (χ2v) is 7.06. The molecule has 0 saturated carbocycles. The van der Waals surface area contributed by atoms with Gasteiger partial charge in [0, 0.05) is 13.7 Å². The zero-order valence-electron chi connectivity index (χ0n) is 10.9. The van der Waals surface area contributed by atoms with E-state index >= 15 is 0 Å². The van der Waals surface area contributed by atoms with Crippen LogP contribution in [0.2, 0.25) is 5.02 Å². The van der Waals surface area contributed by atoms with Crippen LogP contribution in [-0.2, 0) is 14.8 Å². The van der Waals surface area contributed by atoms with Gasteiger partial charge in [-0.1, -0.05) is 11.6 Å². The van der Waals surface area contributed by atoms with E-state index in [1.807, 2.05) is 0 Å². The van der Waals surface area contributed by atoms with Gasteiger partial charge in [0.1, 0.15) is 0 Å². The van der Waals surface area contributed by atoms with Crippen molar-refractivity contribution in [3.63, 3.8) is 0 Å². The Morgan fingerprint density at radius 2 is 2.16 bits per heavy atom. The molecule has 19 heavy (non-hydrogen) atoms. The normalized spacial score (nSPS) is 20.1. The van der Waals surface area contributed by atoms with E-state index in [0.29, 0.717) is 30.2 Å². The largest absolute Gasteiger partial charge is 0.397 e. The molecule has 1 unspecified atom stereocenters. The van der Waals surface area contributed by atoms with Gasteiger partial charge in [-0.25, -0.2) is 8.42 Å². The number of nitrogen functional groups attached to an aromatic ring is 1. The second-order valence-electron chi connectivity index (χ2n) is 4.68. The number of rotatable bonds is 3. The Hall–Kier alpha value is -0.820. The number of sulfonamides is 1. The van der Waals surface area contributed by atoms with Crippen molar-refractivity contribution in [3.05, 3.63) is 22.7 Å². The molecule has 2 N–H and O–H groups in total. The number of halogens is 1. The Morgan fingerprint density at radius 3 is 2.68 bits per heavy atom. The summed E-state index contributed by atoms with van der Waals surface area (Å²) in [7, 11) is -2.01. The van der Waals surface area contributed by atoms with Gasteiger partial charge in [0.25, 0.3) is 0 Å². The molecule has 1 aliphatic heterocycles. The lowest BCUT2D eigenvalue weighted by molar-refractivity contribution is 0.181. The number of hydrogen-bond acceptors (Lipinski definition) is 4. The molecule has 2 rings (SSSR count). The van der Waals surface area contributed by atoms with E-state index in [9.17, 15) is 8.42 Å². The summed E-state index contributed by atoms with van der Waals surface area (Å²) >= 11 is 5.95. The lowest BCUT2D eigenvalue weighted by atomic mass is 10.2. The first-order chi connectivity index (χ1) is 8.84. The highest BCUT2D eigenvalue weighted by Crippen LogP contribution is 2.29. The molecular weight excluding hydrogens is 288 g/mol. The number of hydrogen-bond donors (Lipinski definition) is 1. The van der Waals surface area contributed by atoms with Crippen molar-refractivity contribution in [2.45, 2.75) is 24.3 Å². The molecule has 1 heterocycles. The van der Waals surface area contributed by atoms with Gasteiger partial charge >= 0.3 is 0 Å². The highest BCUT2D eigenvalue weighted by Gasteiger charge is 2.31. The minimum atomic E-state index is -3.57. The quantitative estimate of drug-likeness (QED) is 0.862. The molecule has 0 amide bonds. The van der Waals surface area contributed by atoms with Crippen LogP contribution < -0.4 is 5.73 Å². The monoisotopic (exact) mass is 304 g/mol. The molecule has 1 aliphatic rings. The van der Waals surface area contributed by atoms with Gasteiger partial charge < -0.3 is 10.5 Å². The van der Waals surface area contributed by atoms with Gasteiger partial charge in [-0.15, -0.1) is 0 Å². The Morgan fingerprint density at radius 1 is 1.47 bits per heavy atom. The SMILES string of the molecule is Cc1cc(S(=O)(=O)N(C)C2CCOC2)cc(N)c1Cl. The Balaban J connectivity index is 2.39. The molecule has 0 spiro atoms. The van der Waals surface area contributed by atoms with Crippen molar-refractivity contribution in [1.82, 2.24) is 4.31 Å². The average Bonchev–Trinajstić information content (AvgIpc) is 2.87. The van der Waals surface area contributed by atoms with E-state index in [1.165, 1.54) is 10.4 Å². The van der Waals surface area contributed by atoms with Crippen LogP contribution in [0.15, 0.2) is 17.0 Å². The summed E-state index contributed by atoms with van der Waals surface area (Å²) in [6.07, 6.45) is 0.706. The van der Waals surface area contributed by atoms with E-state index in [2.05, 4.69) is 0 Å². The van der Waals surface area contributed by atoms with Crippen LogP contribution >= 0.6 is 11.6 Å². The third kappa shape index (κ3) is 2.72. The first-order valence-electron chi connectivity index (χ1n) is 5.95. The minimum absolute atomic E-state index is 0.123.